The normalized spacial score (nSPS) is 13.3. The number of amides is 1. The maximum absolute atomic E-state index is 12.6. The van der Waals surface area contributed by atoms with Crippen molar-refractivity contribution in [1.29, 1.82) is 0 Å². The van der Waals surface area contributed by atoms with Crippen LogP contribution in [0.25, 0.3) is 5.65 Å². The number of nitrogens with zero attached hydrogens (tertiary/aromatic N) is 3. The number of aryl methyl sites for hydroxylation is 1. The zero-order chi connectivity index (χ0) is 18.7. The first kappa shape index (κ1) is 17.6. The number of hydrogen-bond acceptors (Lipinski definition) is 4. The molecule has 1 unspecified atom stereocenters. The molecule has 1 amide bonds. The largest absolute Gasteiger partial charge is 0.481 e. The lowest BCUT2D eigenvalue weighted by Gasteiger charge is -2.29. The first-order chi connectivity index (χ1) is 12.5. The molecule has 1 aromatic carbocycles. The Labute approximate surface area is 150 Å². The standard InChI is InChI=1S/C19H20N4O3/c1-3-19(18(25)26,15-7-5-4-6-8-15)12-20-17(24)14-9-10-16-22-21-13(2)23(16)11-14/h4-11H,3,12H2,1-2H3,(H,20,24)(H,25,26). The van der Waals surface area contributed by atoms with E-state index in [2.05, 4.69) is 15.5 Å². The molecule has 0 aliphatic carbocycles. The zero-order valence-corrected chi connectivity index (χ0v) is 14.6. The summed E-state index contributed by atoms with van der Waals surface area (Å²) in [5.74, 6) is -0.626. The first-order valence-corrected chi connectivity index (χ1v) is 8.36. The molecule has 1 atom stereocenters. The van der Waals surface area contributed by atoms with E-state index < -0.39 is 11.4 Å². The van der Waals surface area contributed by atoms with Crippen LogP contribution in [0.5, 0.6) is 0 Å². The maximum atomic E-state index is 12.6. The third-order valence-electron chi connectivity index (χ3n) is 4.73. The Balaban J connectivity index is 1.85. The van der Waals surface area contributed by atoms with Gasteiger partial charge in [-0.3, -0.25) is 14.0 Å². The molecule has 0 spiro atoms. The van der Waals surface area contributed by atoms with Gasteiger partial charge in [-0.25, -0.2) is 0 Å². The van der Waals surface area contributed by atoms with E-state index in [1.165, 1.54) is 0 Å². The van der Waals surface area contributed by atoms with E-state index in [1.54, 1.807) is 60.8 Å². The van der Waals surface area contributed by atoms with E-state index in [0.29, 0.717) is 29.0 Å². The van der Waals surface area contributed by atoms with Gasteiger partial charge in [0.25, 0.3) is 5.91 Å². The van der Waals surface area contributed by atoms with Gasteiger partial charge < -0.3 is 10.4 Å². The van der Waals surface area contributed by atoms with E-state index >= 15 is 0 Å². The molecule has 0 aliphatic heterocycles. The molecule has 0 aliphatic rings. The van der Waals surface area contributed by atoms with Crippen molar-refractivity contribution in [3.8, 4) is 0 Å². The van der Waals surface area contributed by atoms with Crippen molar-refractivity contribution in [2.45, 2.75) is 25.7 Å². The van der Waals surface area contributed by atoms with E-state index in [4.69, 9.17) is 0 Å². The predicted molar refractivity (Wildman–Crippen MR) is 96.1 cm³/mol. The molecule has 0 radical (unpaired) electrons. The Kier molecular flexibility index (Phi) is 4.71. The lowest BCUT2D eigenvalue weighted by Crippen LogP contribution is -2.46. The monoisotopic (exact) mass is 352 g/mol. The van der Waals surface area contributed by atoms with Crippen LogP contribution >= 0.6 is 0 Å². The van der Waals surface area contributed by atoms with Crippen molar-refractivity contribution in [2.75, 3.05) is 6.54 Å². The number of carbonyl (C=O) groups excluding carboxylic acids is 1. The van der Waals surface area contributed by atoms with Gasteiger partial charge >= 0.3 is 5.97 Å². The van der Waals surface area contributed by atoms with Gasteiger partial charge in [-0.2, -0.15) is 0 Å². The number of aromatic nitrogens is 3. The summed E-state index contributed by atoms with van der Waals surface area (Å²) in [6, 6.07) is 12.3. The highest BCUT2D eigenvalue weighted by molar-refractivity contribution is 5.95. The van der Waals surface area contributed by atoms with Crippen LogP contribution in [0.3, 0.4) is 0 Å². The molecule has 7 nitrogen and oxygen atoms in total. The van der Waals surface area contributed by atoms with E-state index in [-0.39, 0.29) is 12.5 Å². The molecule has 2 N–H and O–H groups in total. The summed E-state index contributed by atoms with van der Waals surface area (Å²) in [6.07, 6.45) is 2.01. The Morgan fingerprint density at radius 2 is 1.88 bits per heavy atom. The number of benzene rings is 1. The van der Waals surface area contributed by atoms with Gasteiger partial charge in [0.1, 0.15) is 11.2 Å². The van der Waals surface area contributed by atoms with Crippen LogP contribution in [0, 0.1) is 6.92 Å². The average molecular weight is 352 g/mol. The number of carbonyl (C=O) groups is 2. The summed E-state index contributed by atoms with van der Waals surface area (Å²) < 4.78 is 1.72. The Hall–Kier alpha value is -3.22. The summed E-state index contributed by atoms with van der Waals surface area (Å²) >= 11 is 0. The molecule has 0 bridgehead atoms. The number of carboxylic acid groups (broad SMARTS) is 1. The molecule has 3 aromatic rings. The van der Waals surface area contributed by atoms with Crippen molar-refractivity contribution >= 4 is 17.5 Å². The highest BCUT2D eigenvalue weighted by Gasteiger charge is 2.39. The zero-order valence-electron chi connectivity index (χ0n) is 14.6. The second-order valence-electron chi connectivity index (χ2n) is 6.18. The maximum Gasteiger partial charge on any atom is 0.315 e. The highest BCUT2D eigenvalue weighted by atomic mass is 16.4. The fourth-order valence-electron chi connectivity index (χ4n) is 3.01. The second-order valence-corrected chi connectivity index (χ2v) is 6.18. The Morgan fingerprint density at radius 1 is 1.15 bits per heavy atom. The van der Waals surface area contributed by atoms with Crippen LogP contribution < -0.4 is 5.32 Å². The first-order valence-electron chi connectivity index (χ1n) is 8.36. The molecule has 134 valence electrons. The minimum atomic E-state index is -1.17. The number of carboxylic acids is 1. The van der Waals surface area contributed by atoms with Crippen LogP contribution in [0.4, 0.5) is 0 Å². The van der Waals surface area contributed by atoms with Gasteiger partial charge in [-0.15, -0.1) is 10.2 Å². The molecule has 2 heterocycles. The van der Waals surface area contributed by atoms with Crippen LogP contribution in [-0.2, 0) is 10.2 Å². The molecule has 0 saturated heterocycles. The van der Waals surface area contributed by atoms with Gasteiger partial charge in [0.2, 0.25) is 0 Å². The molecule has 7 heteroatoms. The average Bonchev–Trinajstić information content (AvgIpc) is 3.03. The number of aliphatic carboxylic acids is 1. The van der Waals surface area contributed by atoms with Gasteiger partial charge in [0.15, 0.2) is 5.65 Å². The number of rotatable bonds is 6. The molecule has 3 rings (SSSR count). The molecular weight excluding hydrogens is 332 g/mol. The number of nitrogens with one attached hydrogen (secondary N) is 1. The lowest BCUT2D eigenvalue weighted by molar-refractivity contribution is -0.143. The van der Waals surface area contributed by atoms with Crippen LogP contribution in [-0.4, -0.2) is 38.1 Å². The fourth-order valence-corrected chi connectivity index (χ4v) is 3.01. The van der Waals surface area contributed by atoms with Crippen LogP contribution in [0.15, 0.2) is 48.7 Å². The van der Waals surface area contributed by atoms with Gasteiger partial charge in [-0.1, -0.05) is 37.3 Å². The van der Waals surface area contributed by atoms with E-state index in [1.807, 2.05) is 6.07 Å². The minimum absolute atomic E-state index is 0.000871. The van der Waals surface area contributed by atoms with Crippen molar-refractivity contribution in [1.82, 2.24) is 19.9 Å². The molecular formula is C19H20N4O3. The summed E-state index contributed by atoms with van der Waals surface area (Å²) in [6.45, 7) is 3.60. The van der Waals surface area contributed by atoms with Gasteiger partial charge in [0.05, 0.1) is 5.56 Å². The van der Waals surface area contributed by atoms with Crippen molar-refractivity contribution in [3.05, 3.63) is 65.6 Å². The molecule has 0 saturated carbocycles. The third kappa shape index (κ3) is 3.03. The predicted octanol–water partition coefficient (Wildman–Crippen LogP) is 2.20. The third-order valence-corrected chi connectivity index (χ3v) is 4.73. The van der Waals surface area contributed by atoms with Crippen molar-refractivity contribution in [2.24, 2.45) is 0 Å². The highest BCUT2D eigenvalue weighted by Crippen LogP contribution is 2.28. The van der Waals surface area contributed by atoms with Crippen LogP contribution in [0.1, 0.15) is 35.1 Å². The summed E-state index contributed by atoms with van der Waals surface area (Å²) in [4.78, 5) is 24.6. The topological polar surface area (TPSA) is 96.6 Å². The quantitative estimate of drug-likeness (QED) is 0.709. The van der Waals surface area contributed by atoms with Gasteiger partial charge in [0, 0.05) is 12.7 Å². The Bertz CT molecular complexity index is 952. The molecule has 0 fully saturated rings. The number of hydrogen-bond donors (Lipinski definition) is 2. The number of pyridine rings is 1. The van der Waals surface area contributed by atoms with E-state index in [0.717, 1.165) is 0 Å². The Morgan fingerprint density at radius 3 is 2.54 bits per heavy atom. The van der Waals surface area contributed by atoms with Gasteiger partial charge in [-0.05, 0) is 31.0 Å². The summed E-state index contributed by atoms with van der Waals surface area (Å²) in [7, 11) is 0. The minimum Gasteiger partial charge on any atom is -0.481 e. The summed E-state index contributed by atoms with van der Waals surface area (Å²) in [5.41, 5.74) is 0.564. The molecule has 26 heavy (non-hydrogen) atoms. The second kappa shape index (κ2) is 6.95. The summed E-state index contributed by atoms with van der Waals surface area (Å²) in [5, 5.41) is 20.6. The van der Waals surface area contributed by atoms with Crippen LogP contribution in [0.2, 0.25) is 0 Å². The molecule has 2 aromatic heterocycles. The SMILES string of the molecule is CCC(CNC(=O)c1ccc2nnc(C)n2c1)(C(=O)O)c1ccccc1. The fraction of sp³-hybridized carbons (Fsp3) is 0.263. The number of fused-ring (bicyclic) bond motifs is 1. The van der Waals surface area contributed by atoms with E-state index in [9.17, 15) is 14.7 Å². The smallest absolute Gasteiger partial charge is 0.315 e. The lowest BCUT2D eigenvalue weighted by atomic mass is 9.78. The van der Waals surface area contributed by atoms with Crippen molar-refractivity contribution < 1.29 is 14.7 Å². The van der Waals surface area contributed by atoms with Crippen molar-refractivity contribution in [3.63, 3.8) is 0 Å².